The van der Waals surface area contributed by atoms with E-state index in [2.05, 4.69) is 26.3 Å². The third kappa shape index (κ3) is 3.65. The molecule has 0 heterocycles. The highest BCUT2D eigenvalue weighted by Crippen LogP contribution is 2.44. The normalized spacial score (nSPS) is 28.9. The Hall–Kier alpha value is -0.700. The van der Waals surface area contributed by atoms with E-state index in [1.807, 2.05) is 0 Å². The van der Waals surface area contributed by atoms with Crippen LogP contribution in [-0.2, 0) is 18.9 Å². The summed E-state index contributed by atoms with van der Waals surface area (Å²) < 4.78 is 33.9. The van der Waals surface area contributed by atoms with Crippen molar-refractivity contribution in [2.24, 2.45) is 17.8 Å². The van der Waals surface area contributed by atoms with Crippen LogP contribution in [0.2, 0.25) is 0 Å². The molecule has 0 saturated heterocycles. The topological polar surface area (TPSA) is 67.8 Å². The van der Waals surface area contributed by atoms with E-state index in [4.69, 9.17) is 0 Å². The summed E-state index contributed by atoms with van der Waals surface area (Å²) in [5, 5.41) is 8.24. The van der Waals surface area contributed by atoms with Gasteiger partial charge in [-0.1, -0.05) is 12.2 Å². The number of carbonyl (C=O) groups excluding carboxylic acids is 1. The summed E-state index contributed by atoms with van der Waals surface area (Å²) in [5.41, 5.74) is 0. The third-order valence-electron chi connectivity index (χ3n) is 3.54. The second-order valence-electron chi connectivity index (χ2n) is 4.70. The summed E-state index contributed by atoms with van der Waals surface area (Å²) in [7, 11) is 0. The average molecular weight is 295 g/mol. The molecule has 0 N–H and O–H groups in total. The Kier molecular flexibility index (Phi) is 4.77. The fraction of sp³-hybridized carbons (Fsp3) is 0.727. The Morgan fingerprint density at radius 1 is 1.42 bits per heavy atom. The number of carbonyl (C=O) groups is 1. The van der Waals surface area contributed by atoms with E-state index in [0.717, 1.165) is 12.8 Å². The van der Waals surface area contributed by atoms with Crippen molar-refractivity contribution in [3.8, 4) is 0 Å². The van der Waals surface area contributed by atoms with Crippen LogP contribution in [0.15, 0.2) is 12.2 Å². The zero-order chi connectivity index (χ0) is 13.9. The van der Waals surface area contributed by atoms with Crippen LogP contribution in [0.3, 0.4) is 0 Å². The summed E-state index contributed by atoms with van der Waals surface area (Å²) in [4.78, 5) is 11.1. The summed E-state index contributed by atoms with van der Waals surface area (Å²) in [6, 6.07) is 0. The van der Waals surface area contributed by atoms with Gasteiger partial charge in [0, 0.05) is 0 Å². The molecular formula is C11H13F2O5S-. The largest absolute Gasteiger partial charge is 0.691 e. The van der Waals surface area contributed by atoms with E-state index >= 15 is 0 Å². The Morgan fingerprint density at radius 3 is 2.79 bits per heavy atom. The van der Waals surface area contributed by atoms with Gasteiger partial charge in [0.05, 0.1) is 6.61 Å². The van der Waals surface area contributed by atoms with E-state index < -0.39 is 23.3 Å². The molecule has 8 heteroatoms. The fourth-order valence-electron chi connectivity index (χ4n) is 2.70. The number of allylic oxidation sites excluding steroid dienone is 2. The second kappa shape index (κ2) is 6.17. The van der Waals surface area contributed by atoms with Crippen molar-refractivity contribution in [2.45, 2.75) is 24.5 Å². The predicted molar refractivity (Wildman–Crippen MR) is 59.1 cm³/mol. The minimum absolute atomic E-state index is 0.0606. The number of alkyl halides is 2. The zero-order valence-electron chi connectivity index (χ0n) is 9.92. The highest BCUT2D eigenvalue weighted by molar-refractivity contribution is 7.96. The first kappa shape index (κ1) is 14.7. The standard InChI is InChI=1S/C11H14F2O5S/c12-11(13,19-18-17-15)10(14)16-4-3-9-6-7-1-2-8(9)5-7/h1-2,7-9,15H,3-6H2/p-1. The molecule has 0 spiro atoms. The van der Waals surface area contributed by atoms with Gasteiger partial charge in [-0.25, -0.2) is 4.79 Å². The monoisotopic (exact) mass is 295 g/mol. The number of esters is 1. The van der Waals surface area contributed by atoms with Gasteiger partial charge >= 0.3 is 11.2 Å². The van der Waals surface area contributed by atoms with E-state index in [1.165, 1.54) is 0 Å². The molecule has 0 aliphatic heterocycles. The van der Waals surface area contributed by atoms with Crippen molar-refractivity contribution in [2.75, 3.05) is 6.61 Å². The van der Waals surface area contributed by atoms with Gasteiger partial charge in [-0.15, -0.1) is 0 Å². The highest BCUT2D eigenvalue weighted by Gasteiger charge is 2.44. The molecule has 3 atom stereocenters. The maximum absolute atomic E-state index is 13.0. The second-order valence-corrected chi connectivity index (χ2v) is 5.52. The molecule has 0 aromatic heterocycles. The van der Waals surface area contributed by atoms with Crippen LogP contribution in [0.4, 0.5) is 8.78 Å². The first-order chi connectivity index (χ1) is 9.03. The van der Waals surface area contributed by atoms with Crippen LogP contribution in [0, 0.1) is 17.8 Å². The number of hydrogen-bond donors (Lipinski definition) is 0. The van der Waals surface area contributed by atoms with Crippen LogP contribution in [0.25, 0.3) is 0 Å². The first-order valence-electron chi connectivity index (χ1n) is 5.90. The average Bonchev–Trinajstić information content (AvgIpc) is 2.98. The Bertz CT molecular complexity index is 363. The van der Waals surface area contributed by atoms with Gasteiger partial charge in [0.2, 0.25) is 0 Å². The van der Waals surface area contributed by atoms with Crippen molar-refractivity contribution in [1.29, 1.82) is 0 Å². The van der Waals surface area contributed by atoms with E-state index in [-0.39, 0.29) is 6.61 Å². The van der Waals surface area contributed by atoms with Crippen molar-refractivity contribution in [1.82, 2.24) is 0 Å². The molecule has 1 saturated carbocycles. The fourth-order valence-corrected chi connectivity index (χ4v) is 2.94. The van der Waals surface area contributed by atoms with Crippen LogP contribution < -0.4 is 5.26 Å². The molecule has 0 aromatic carbocycles. The number of hydrogen-bond acceptors (Lipinski definition) is 6. The SMILES string of the molecule is O=C(OCCC1CC2C=CC1C2)C(F)(F)SOO[O-]. The number of ether oxygens (including phenoxy) is 1. The lowest BCUT2D eigenvalue weighted by Gasteiger charge is -2.19. The number of rotatable bonds is 7. The lowest BCUT2D eigenvalue weighted by atomic mass is 9.91. The van der Waals surface area contributed by atoms with Crippen LogP contribution in [0.1, 0.15) is 19.3 Å². The molecule has 19 heavy (non-hydrogen) atoms. The zero-order valence-corrected chi connectivity index (χ0v) is 10.7. The van der Waals surface area contributed by atoms with Crippen LogP contribution in [0.5, 0.6) is 0 Å². The van der Waals surface area contributed by atoms with Gasteiger partial charge in [0.25, 0.3) is 0 Å². The summed E-state index contributed by atoms with van der Waals surface area (Å²) >= 11 is -0.672. The summed E-state index contributed by atoms with van der Waals surface area (Å²) in [6.07, 6.45) is 7.02. The maximum Gasteiger partial charge on any atom is 0.415 e. The molecule has 1 fully saturated rings. The van der Waals surface area contributed by atoms with Crippen LogP contribution in [-0.4, -0.2) is 17.8 Å². The molecule has 2 aliphatic carbocycles. The molecule has 0 aromatic rings. The van der Waals surface area contributed by atoms with Gasteiger partial charge in [-0.05, 0) is 37.0 Å². The van der Waals surface area contributed by atoms with Gasteiger partial charge in [-0.3, -0.25) is 5.04 Å². The molecule has 0 amide bonds. The molecule has 2 bridgehead atoms. The van der Waals surface area contributed by atoms with E-state index in [1.54, 1.807) is 0 Å². The van der Waals surface area contributed by atoms with Gasteiger partial charge in [-0.2, -0.15) is 13.1 Å². The Labute approximate surface area is 113 Å². The van der Waals surface area contributed by atoms with Crippen molar-refractivity contribution in [3.63, 3.8) is 0 Å². The molecule has 108 valence electrons. The first-order valence-corrected chi connectivity index (χ1v) is 6.65. The van der Waals surface area contributed by atoms with Gasteiger partial charge < -0.3 is 9.99 Å². The van der Waals surface area contributed by atoms with Crippen molar-refractivity contribution >= 4 is 18.0 Å². The van der Waals surface area contributed by atoms with E-state index in [9.17, 15) is 18.8 Å². The molecular weight excluding hydrogens is 282 g/mol. The minimum atomic E-state index is -3.95. The van der Waals surface area contributed by atoms with Crippen LogP contribution >= 0.6 is 12.0 Å². The Balaban J connectivity index is 1.68. The predicted octanol–water partition coefficient (Wildman–Crippen LogP) is 1.60. The Morgan fingerprint density at radius 2 is 2.21 bits per heavy atom. The third-order valence-corrected chi connectivity index (χ3v) is 4.04. The van der Waals surface area contributed by atoms with Gasteiger partial charge in [0.1, 0.15) is 12.0 Å². The number of halogens is 2. The highest BCUT2D eigenvalue weighted by atomic mass is 32.2. The smallest absolute Gasteiger partial charge is 0.415 e. The summed E-state index contributed by atoms with van der Waals surface area (Å²) in [5.74, 6) is -0.264. The molecule has 2 aliphatic rings. The quantitative estimate of drug-likeness (QED) is 0.234. The minimum Gasteiger partial charge on any atom is -0.691 e. The van der Waals surface area contributed by atoms with Crippen molar-refractivity contribution < 1.29 is 32.9 Å². The van der Waals surface area contributed by atoms with Crippen molar-refractivity contribution in [3.05, 3.63) is 12.2 Å². The molecule has 3 unspecified atom stereocenters. The lowest BCUT2D eigenvalue weighted by Crippen LogP contribution is -2.28. The van der Waals surface area contributed by atoms with Gasteiger partial charge in [0.15, 0.2) is 0 Å². The molecule has 5 nitrogen and oxygen atoms in total. The number of fused-ring (bicyclic) bond motifs is 2. The lowest BCUT2D eigenvalue weighted by molar-refractivity contribution is -0.777. The molecule has 2 rings (SSSR count). The molecule has 0 radical (unpaired) electrons. The van der Waals surface area contributed by atoms with E-state index in [0.29, 0.717) is 24.2 Å². The summed E-state index contributed by atoms with van der Waals surface area (Å²) in [6.45, 7) is -0.0606. The maximum atomic E-state index is 13.0.